The average Bonchev–Trinajstić information content (AvgIpc) is 3.15. The molecule has 1 saturated carbocycles. The van der Waals surface area contributed by atoms with Crippen LogP contribution in [0.4, 0.5) is 5.82 Å². The van der Waals surface area contributed by atoms with Crippen LogP contribution in [-0.2, 0) is 0 Å². The highest BCUT2D eigenvalue weighted by molar-refractivity contribution is 9.10. The Hall–Kier alpha value is -1.54. The molecule has 0 aromatic carbocycles. The fourth-order valence-corrected chi connectivity index (χ4v) is 2.12. The van der Waals surface area contributed by atoms with Gasteiger partial charge in [-0.1, -0.05) is 5.92 Å². The predicted octanol–water partition coefficient (Wildman–Crippen LogP) is 1.91. The summed E-state index contributed by atoms with van der Waals surface area (Å²) in [7, 11) is 0. The van der Waals surface area contributed by atoms with Gasteiger partial charge >= 0.3 is 0 Å². The highest BCUT2D eigenvalue weighted by Crippen LogP contribution is 2.30. The Bertz CT molecular complexity index is 505. The second-order valence-electron chi connectivity index (χ2n) is 4.42. The molecule has 5 heteroatoms. The summed E-state index contributed by atoms with van der Waals surface area (Å²) in [6.07, 6.45) is 9.20. The van der Waals surface area contributed by atoms with Crippen LogP contribution in [0.1, 0.15) is 23.2 Å². The van der Waals surface area contributed by atoms with Gasteiger partial charge in [0.25, 0.3) is 5.91 Å². The topological polar surface area (TPSA) is 59.2 Å². The van der Waals surface area contributed by atoms with Crippen LogP contribution >= 0.6 is 15.9 Å². The van der Waals surface area contributed by atoms with E-state index in [0.29, 0.717) is 28.3 Å². The van der Waals surface area contributed by atoms with E-state index in [2.05, 4.69) is 26.8 Å². The molecule has 0 radical (unpaired) electrons. The first-order valence-electron chi connectivity index (χ1n) is 5.75. The Labute approximate surface area is 115 Å². The third kappa shape index (κ3) is 3.02. The Kier molecular flexibility index (Phi) is 3.87. The van der Waals surface area contributed by atoms with Crippen molar-refractivity contribution in [1.82, 2.24) is 9.88 Å². The van der Waals surface area contributed by atoms with Crippen molar-refractivity contribution in [2.45, 2.75) is 12.8 Å². The molecule has 18 heavy (non-hydrogen) atoms. The van der Waals surface area contributed by atoms with Crippen LogP contribution < -0.4 is 5.73 Å². The monoisotopic (exact) mass is 307 g/mol. The molecule has 0 atom stereocenters. The lowest BCUT2D eigenvalue weighted by molar-refractivity contribution is 0.0769. The van der Waals surface area contributed by atoms with Gasteiger partial charge in [-0.05, 0) is 40.8 Å². The SMILES string of the molecule is C#CCN(CC1CC1)C(=O)c1cc(N)ncc1Br. The molecule has 4 nitrogen and oxygen atoms in total. The summed E-state index contributed by atoms with van der Waals surface area (Å²) in [4.78, 5) is 18.0. The van der Waals surface area contributed by atoms with Crippen LogP contribution in [0.25, 0.3) is 0 Å². The van der Waals surface area contributed by atoms with Crippen molar-refractivity contribution in [3.8, 4) is 12.3 Å². The zero-order valence-electron chi connectivity index (χ0n) is 9.90. The number of nitrogens with two attached hydrogens (primary N) is 1. The van der Waals surface area contributed by atoms with Crippen molar-refractivity contribution < 1.29 is 4.79 Å². The number of amides is 1. The number of hydrogen-bond donors (Lipinski definition) is 1. The van der Waals surface area contributed by atoms with Crippen molar-refractivity contribution in [3.05, 3.63) is 22.3 Å². The zero-order valence-corrected chi connectivity index (χ0v) is 11.5. The van der Waals surface area contributed by atoms with Crippen LogP contribution in [0.15, 0.2) is 16.7 Å². The van der Waals surface area contributed by atoms with Crippen LogP contribution in [0, 0.1) is 18.3 Å². The summed E-state index contributed by atoms with van der Waals surface area (Å²) in [5, 5.41) is 0. The summed E-state index contributed by atoms with van der Waals surface area (Å²) in [6.45, 7) is 1.04. The minimum Gasteiger partial charge on any atom is -0.384 e. The lowest BCUT2D eigenvalue weighted by atomic mass is 10.2. The van der Waals surface area contributed by atoms with E-state index in [-0.39, 0.29) is 5.91 Å². The number of rotatable bonds is 4. The van der Waals surface area contributed by atoms with Gasteiger partial charge in [0.15, 0.2) is 0 Å². The highest BCUT2D eigenvalue weighted by Gasteiger charge is 2.27. The Balaban J connectivity index is 2.20. The van der Waals surface area contributed by atoms with E-state index in [1.54, 1.807) is 11.0 Å². The van der Waals surface area contributed by atoms with Gasteiger partial charge in [0.1, 0.15) is 5.82 Å². The molecule has 0 bridgehead atoms. The minimum atomic E-state index is -0.0965. The molecule has 1 aromatic rings. The normalized spacial score (nSPS) is 14.0. The van der Waals surface area contributed by atoms with Gasteiger partial charge in [0.2, 0.25) is 0 Å². The summed E-state index contributed by atoms with van der Waals surface area (Å²) < 4.78 is 0.638. The summed E-state index contributed by atoms with van der Waals surface area (Å²) in [5.41, 5.74) is 6.12. The Morgan fingerprint density at radius 2 is 2.39 bits per heavy atom. The first-order chi connectivity index (χ1) is 8.61. The molecular weight excluding hydrogens is 294 g/mol. The molecule has 1 heterocycles. The Morgan fingerprint density at radius 1 is 1.67 bits per heavy atom. The van der Waals surface area contributed by atoms with Gasteiger partial charge in [0, 0.05) is 17.2 Å². The first kappa shape index (κ1) is 12.9. The number of anilines is 1. The minimum absolute atomic E-state index is 0.0965. The van der Waals surface area contributed by atoms with E-state index in [4.69, 9.17) is 12.2 Å². The number of nitrogens with zero attached hydrogens (tertiary/aromatic N) is 2. The number of pyridine rings is 1. The molecule has 1 amide bonds. The fourth-order valence-electron chi connectivity index (χ4n) is 1.73. The quantitative estimate of drug-likeness (QED) is 0.865. The number of aromatic nitrogens is 1. The van der Waals surface area contributed by atoms with Crippen molar-refractivity contribution in [3.63, 3.8) is 0 Å². The number of carbonyl (C=O) groups is 1. The largest absolute Gasteiger partial charge is 0.384 e. The second-order valence-corrected chi connectivity index (χ2v) is 5.28. The number of carbonyl (C=O) groups excluding carboxylic acids is 1. The third-order valence-corrected chi connectivity index (χ3v) is 3.48. The molecule has 0 unspecified atom stereocenters. The van der Waals surface area contributed by atoms with Crippen LogP contribution in [0.5, 0.6) is 0 Å². The number of halogens is 1. The molecule has 1 fully saturated rings. The summed E-state index contributed by atoms with van der Waals surface area (Å²) >= 11 is 3.32. The van der Waals surface area contributed by atoms with Crippen LogP contribution in [0.3, 0.4) is 0 Å². The maximum Gasteiger partial charge on any atom is 0.255 e. The van der Waals surface area contributed by atoms with Gasteiger partial charge in [-0.3, -0.25) is 4.79 Å². The van der Waals surface area contributed by atoms with Crippen LogP contribution in [-0.4, -0.2) is 28.9 Å². The highest BCUT2D eigenvalue weighted by atomic mass is 79.9. The van der Waals surface area contributed by atoms with E-state index >= 15 is 0 Å². The van der Waals surface area contributed by atoms with Gasteiger partial charge in [-0.25, -0.2) is 4.98 Å². The molecule has 1 aliphatic carbocycles. The number of nitrogen functional groups attached to an aromatic ring is 1. The van der Waals surface area contributed by atoms with Gasteiger partial charge in [-0.15, -0.1) is 6.42 Å². The average molecular weight is 308 g/mol. The summed E-state index contributed by atoms with van der Waals surface area (Å²) in [6, 6.07) is 1.57. The molecular formula is C13H14BrN3O. The van der Waals surface area contributed by atoms with E-state index in [0.717, 1.165) is 6.54 Å². The maximum atomic E-state index is 12.4. The number of hydrogen-bond acceptors (Lipinski definition) is 3. The molecule has 1 aliphatic rings. The van der Waals surface area contributed by atoms with Crippen LogP contribution in [0.2, 0.25) is 0 Å². The molecule has 1 aromatic heterocycles. The zero-order chi connectivity index (χ0) is 13.1. The standard InChI is InChI=1S/C13H14BrN3O/c1-2-5-17(8-9-3-4-9)13(18)10-6-12(15)16-7-11(10)14/h1,6-7,9H,3-5,8H2,(H2,15,16). The fraction of sp³-hybridized carbons (Fsp3) is 0.385. The molecule has 2 N–H and O–H groups in total. The molecule has 0 saturated heterocycles. The molecule has 2 rings (SSSR count). The van der Waals surface area contributed by atoms with E-state index in [9.17, 15) is 4.79 Å². The van der Waals surface area contributed by atoms with Crippen molar-refractivity contribution >= 4 is 27.7 Å². The van der Waals surface area contributed by atoms with Gasteiger partial charge in [-0.2, -0.15) is 0 Å². The summed E-state index contributed by atoms with van der Waals surface area (Å²) in [5.74, 6) is 3.36. The molecule has 94 valence electrons. The van der Waals surface area contributed by atoms with Crippen molar-refractivity contribution in [1.29, 1.82) is 0 Å². The van der Waals surface area contributed by atoms with E-state index in [1.165, 1.54) is 19.0 Å². The van der Waals surface area contributed by atoms with Crippen molar-refractivity contribution in [2.75, 3.05) is 18.8 Å². The molecule has 0 spiro atoms. The smallest absolute Gasteiger partial charge is 0.255 e. The third-order valence-electron chi connectivity index (χ3n) is 2.85. The predicted molar refractivity (Wildman–Crippen MR) is 73.8 cm³/mol. The first-order valence-corrected chi connectivity index (χ1v) is 6.55. The lowest BCUT2D eigenvalue weighted by Gasteiger charge is -2.20. The maximum absolute atomic E-state index is 12.4. The van der Waals surface area contributed by atoms with Crippen molar-refractivity contribution in [2.24, 2.45) is 5.92 Å². The number of terminal acetylenes is 1. The van der Waals surface area contributed by atoms with Gasteiger partial charge < -0.3 is 10.6 Å². The lowest BCUT2D eigenvalue weighted by Crippen LogP contribution is -2.33. The molecule has 0 aliphatic heterocycles. The van der Waals surface area contributed by atoms with E-state index in [1.807, 2.05) is 0 Å². The van der Waals surface area contributed by atoms with Gasteiger partial charge in [0.05, 0.1) is 12.1 Å². The second kappa shape index (κ2) is 5.40. The van der Waals surface area contributed by atoms with E-state index < -0.39 is 0 Å². The Morgan fingerprint density at radius 3 is 3.00 bits per heavy atom.